The topological polar surface area (TPSA) is 82.5 Å². The van der Waals surface area contributed by atoms with Gasteiger partial charge in [-0.05, 0) is 19.8 Å². The minimum absolute atomic E-state index is 0.178. The van der Waals surface area contributed by atoms with E-state index in [9.17, 15) is 9.59 Å². The van der Waals surface area contributed by atoms with Gasteiger partial charge in [-0.25, -0.2) is 9.78 Å². The maximum Gasteiger partial charge on any atom is 0.317 e. The SMILES string of the molecule is Cc1nc(CCNC(=O)N2CCCC(C(=O)O)C2)cs1. The van der Waals surface area contributed by atoms with Crippen molar-refractivity contribution in [2.75, 3.05) is 19.6 Å². The minimum Gasteiger partial charge on any atom is -0.481 e. The van der Waals surface area contributed by atoms with Gasteiger partial charge >= 0.3 is 12.0 Å². The van der Waals surface area contributed by atoms with Gasteiger partial charge in [-0.1, -0.05) is 0 Å². The molecule has 1 fully saturated rings. The maximum atomic E-state index is 12.0. The number of thiazole rings is 1. The quantitative estimate of drug-likeness (QED) is 0.882. The predicted molar refractivity (Wildman–Crippen MR) is 75.9 cm³/mol. The molecular formula is C13H19N3O3S. The second-order valence-electron chi connectivity index (χ2n) is 4.96. The Kier molecular flexibility index (Phi) is 4.94. The average Bonchev–Trinajstić information content (AvgIpc) is 2.84. The zero-order chi connectivity index (χ0) is 14.5. The van der Waals surface area contributed by atoms with Gasteiger partial charge < -0.3 is 15.3 Å². The fraction of sp³-hybridized carbons (Fsp3) is 0.615. The number of carboxylic acids is 1. The molecule has 0 aromatic carbocycles. The Bertz CT molecular complexity index is 489. The highest BCUT2D eigenvalue weighted by atomic mass is 32.1. The first-order chi connectivity index (χ1) is 9.56. The molecule has 0 radical (unpaired) electrons. The van der Waals surface area contributed by atoms with Crippen LogP contribution >= 0.6 is 11.3 Å². The van der Waals surface area contributed by atoms with Crippen molar-refractivity contribution in [3.05, 3.63) is 16.1 Å². The second kappa shape index (κ2) is 6.69. The number of nitrogens with zero attached hydrogens (tertiary/aromatic N) is 2. The van der Waals surface area contributed by atoms with Gasteiger partial charge in [0.05, 0.1) is 16.6 Å². The van der Waals surface area contributed by atoms with Crippen molar-refractivity contribution in [1.29, 1.82) is 0 Å². The second-order valence-corrected chi connectivity index (χ2v) is 6.03. The fourth-order valence-corrected chi connectivity index (χ4v) is 2.94. The van der Waals surface area contributed by atoms with Crippen LogP contribution < -0.4 is 5.32 Å². The molecular weight excluding hydrogens is 278 g/mol. The van der Waals surface area contributed by atoms with Gasteiger partial charge in [0.1, 0.15) is 0 Å². The molecule has 6 nitrogen and oxygen atoms in total. The van der Waals surface area contributed by atoms with Gasteiger partial charge in [0.15, 0.2) is 0 Å². The number of aryl methyl sites for hydroxylation is 1. The van der Waals surface area contributed by atoms with E-state index in [0.717, 1.165) is 17.1 Å². The van der Waals surface area contributed by atoms with Gasteiger partial charge in [0.25, 0.3) is 0 Å². The lowest BCUT2D eigenvalue weighted by Crippen LogP contribution is -2.47. The molecule has 110 valence electrons. The van der Waals surface area contributed by atoms with E-state index in [1.54, 1.807) is 16.2 Å². The lowest BCUT2D eigenvalue weighted by atomic mass is 9.99. The lowest BCUT2D eigenvalue weighted by Gasteiger charge is -2.30. The zero-order valence-electron chi connectivity index (χ0n) is 11.5. The number of aromatic nitrogens is 1. The molecule has 1 atom stereocenters. The van der Waals surface area contributed by atoms with E-state index in [-0.39, 0.29) is 6.03 Å². The number of likely N-dealkylation sites (tertiary alicyclic amines) is 1. The van der Waals surface area contributed by atoms with Crippen molar-refractivity contribution in [2.24, 2.45) is 5.92 Å². The molecule has 0 spiro atoms. The number of piperidine rings is 1. The first-order valence-electron chi connectivity index (χ1n) is 6.73. The number of rotatable bonds is 4. The van der Waals surface area contributed by atoms with E-state index < -0.39 is 11.9 Å². The Balaban J connectivity index is 1.75. The molecule has 2 amide bonds. The Morgan fingerprint density at radius 2 is 2.40 bits per heavy atom. The molecule has 20 heavy (non-hydrogen) atoms. The number of carbonyl (C=O) groups excluding carboxylic acids is 1. The summed E-state index contributed by atoms with van der Waals surface area (Å²) in [6.07, 6.45) is 2.10. The first-order valence-corrected chi connectivity index (χ1v) is 7.61. The summed E-state index contributed by atoms with van der Waals surface area (Å²) in [5, 5.41) is 14.8. The van der Waals surface area contributed by atoms with E-state index in [2.05, 4.69) is 10.3 Å². The van der Waals surface area contributed by atoms with E-state index in [4.69, 9.17) is 5.11 Å². The van der Waals surface area contributed by atoms with Crippen LogP contribution in [0.4, 0.5) is 4.79 Å². The van der Waals surface area contributed by atoms with Gasteiger partial charge in [0.2, 0.25) is 0 Å². The van der Waals surface area contributed by atoms with Gasteiger partial charge in [-0.15, -0.1) is 11.3 Å². The molecule has 1 saturated heterocycles. The van der Waals surface area contributed by atoms with Crippen molar-refractivity contribution in [1.82, 2.24) is 15.2 Å². The molecule has 1 unspecified atom stereocenters. The van der Waals surface area contributed by atoms with E-state index in [0.29, 0.717) is 32.5 Å². The van der Waals surface area contributed by atoms with Crippen LogP contribution in [0.2, 0.25) is 0 Å². The van der Waals surface area contributed by atoms with Crippen LogP contribution in [0.1, 0.15) is 23.5 Å². The standard InChI is InChI=1S/C13H19N3O3S/c1-9-15-11(8-20-9)4-5-14-13(19)16-6-2-3-10(7-16)12(17)18/h8,10H,2-7H2,1H3,(H,14,19)(H,17,18). The Labute approximate surface area is 121 Å². The molecule has 1 aromatic rings. The van der Waals surface area contributed by atoms with Crippen LogP contribution in [0.3, 0.4) is 0 Å². The first kappa shape index (κ1) is 14.8. The van der Waals surface area contributed by atoms with E-state index >= 15 is 0 Å². The summed E-state index contributed by atoms with van der Waals surface area (Å²) in [7, 11) is 0. The molecule has 2 rings (SSSR count). The van der Waals surface area contributed by atoms with Crippen molar-refractivity contribution < 1.29 is 14.7 Å². The van der Waals surface area contributed by atoms with E-state index in [1.807, 2.05) is 12.3 Å². The number of carbonyl (C=O) groups is 2. The molecule has 2 N–H and O–H groups in total. The third kappa shape index (κ3) is 3.93. The Morgan fingerprint density at radius 3 is 3.05 bits per heavy atom. The average molecular weight is 297 g/mol. The number of hydrogen-bond acceptors (Lipinski definition) is 4. The van der Waals surface area contributed by atoms with Crippen molar-refractivity contribution in [2.45, 2.75) is 26.2 Å². The van der Waals surface area contributed by atoms with Crippen LogP contribution in [0, 0.1) is 12.8 Å². The number of aliphatic carboxylic acids is 1. The van der Waals surface area contributed by atoms with Crippen LogP contribution in [-0.4, -0.2) is 46.6 Å². The summed E-state index contributed by atoms with van der Waals surface area (Å²) in [4.78, 5) is 28.8. The van der Waals surface area contributed by atoms with Crippen LogP contribution in [0.5, 0.6) is 0 Å². The fourth-order valence-electron chi connectivity index (χ4n) is 2.30. The van der Waals surface area contributed by atoms with Crippen molar-refractivity contribution in [3.8, 4) is 0 Å². The smallest absolute Gasteiger partial charge is 0.317 e. The number of hydrogen-bond donors (Lipinski definition) is 2. The summed E-state index contributed by atoms with van der Waals surface area (Å²) in [5.41, 5.74) is 0.981. The zero-order valence-corrected chi connectivity index (χ0v) is 12.3. The summed E-state index contributed by atoms with van der Waals surface area (Å²) in [5.74, 6) is -1.25. The van der Waals surface area contributed by atoms with Gasteiger partial charge in [0, 0.05) is 31.4 Å². The van der Waals surface area contributed by atoms with Gasteiger partial charge in [-0.2, -0.15) is 0 Å². The third-order valence-electron chi connectivity index (χ3n) is 3.38. The summed E-state index contributed by atoms with van der Waals surface area (Å²) in [6, 6.07) is -0.178. The number of amides is 2. The van der Waals surface area contributed by atoms with Crippen molar-refractivity contribution in [3.63, 3.8) is 0 Å². The number of carboxylic acid groups (broad SMARTS) is 1. The Morgan fingerprint density at radius 1 is 1.60 bits per heavy atom. The molecule has 0 bridgehead atoms. The Hall–Kier alpha value is -1.63. The molecule has 0 aliphatic carbocycles. The minimum atomic E-state index is -0.819. The highest BCUT2D eigenvalue weighted by Crippen LogP contribution is 2.16. The highest BCUT2D eigenvalue weighted by molar-refractivity contribution is 7.09. The predicted octanol–water partition coefficient (Wildman–Crippen LogP) is 1.50. The molecule has 1 aliphatic rings. The molecule has 1 aromatic heterocycles. The maximum absolute atomic E-state index is 12.0. The van der Waals surface area contributed by atoms with Crippen molar-refractivity contribution >= 4 is 23.3 Å². The number of urea groups is 1. The normalized spacial score (nSPS) is 18.9. The summed E-state index contributed by atoms with van der Waals surface area (Å²) >= 11 is 1.60. The summed E-state index contributed by atoms with van der Waals surface area (Å²) in [6.45, 7) is 3.41. The van der Waals surface area contributed by atoms with Crippen LogP contribution in [-0.2, 0) is 11.2 Å². The lowest BCUT2D eigenvalue weighted by molar-refractivity contribution is -0.143. The molecule has 7 heteroatoms. The molecule has 1 aliphatic heterocycles. The van der Waals surface area contributed by atoms with E-state index in [1.165, 1.54) is 0 Å². The molecule has 2 heterocycles. The van der Waals surface area contributed by atoms with Crippen LogP contribution in [0.15, 0.2) is 5.38 Å². The number of nitrogens with one attached hydrogen (secondary N) is 1. The monoisotopic (exact) mass is 297 g/mol. The third-order valence-corrected chi connectivity index (χ3v) is 4.20. The molecule has 0 saturated carbocycles. The van der Waals surface area contributed by atoms with Crippen LogP contribution in [0.25, 0.3) is 0 Å². The summed E-state index contributed by atoms with van der Waals surface area (Å²) < 4.78 is 0. The van der Waals surface area contributed by atoms with Gasteiger partial charge in [-0.3, -0.25) is 4.79 Å². The highest BCUT2D eigenvalue weighted by Gasteiger charge is 2.27. The largest absolute Gasteiger partial charge is 0.481 e.